The maximum atomic E-state index is 10.8. The molecule has 5 nitrogen and oxygen atoms in total. The molecule has 1 N–H and O–H groups in total. The zero-order valence-corrected chi connectivity index (χ0v) is 15.0. The summed E-state index contributed by atoms with van der Waals surface area (Å²) in [4.78, 5) is 17.3. The van der Waals surface area contributed by atoms with Crippen LogP contribution < -0.4 is 0 Å². The van der Waals surface area contributed by atoms with Crippen LogP contribution >= 0.6 is 0 Å². The second-order valence-electron chi connectivity index (χ2n) is 7.67. The van der Waals surface area contributed by atoms with Crippen molar-refractivity contribution in [2.45, 2.75) is 44.9 Å². The molecule has 1 heterocycles. The highest BCUT2D eigenvalue weighted by molar-refractivity contribution is 5.64. The van der Waals surface area contributed by atoms with Crippen molar-refractivity contribution in [2.24, 2.45) is 11.8 Å². The smallest absolute Gasteiger partial charge is 0.407 e. The van der Waals surface area contributed by atoms with E-state index in [1.807, 2.05) is 0 Å². The Bertz CT molecular complexity index is 348. The van der Waals surface area contributed by atoms with Crippen LogP contribution in [0, 0.1) is 11.8 Å². The molecular weight excluding hydrogens is 290 g/mol. The van der Waals surface area contributed by atoms with E-state index in [1.54, 1.807) is 7.05 Å². The fourth-order valence-corrected chi connectivity index (χ4v) is 3.96. The Labute approximate surface area is 141 Å². The highest BCUT2D eigenvalue weighted by atomic mass is 16.4. The van der Waals surface area contributed by atoms with Crippen molar-refractivity contribution in [1.29, 1.82) is 0 Å². The summed E-state index contributed by atoms with van der Waals surface area (Å²) in [6.45, 7) is 6.87. The van der Waals surface area contributed by atoms with Crippen LogP contribution in [-0.2, 0) is 0 Å². The van der Waals surface area contributed by atoms with Crippen LogP contribution in [0.25, 0.3) is 0 Å². The molecule has 1 aliphatic heterocycles. The topological polar surface area (TPSA) is 47.0 Å². The van der Waals surface area contributed by atoms with Gasteiger partial charge in [-0.1, -0.05) is 25.7 Å². The highest BCUT2D eigenvalue weighted by Gasteiger charge is 2.22. The van der Waals surface area contributed by atoms with Crippen LogP contribution in [0.4, 0.5) is 4.79 Å². The fourth-order valence-electron chi connectivity index (χ4n) is 3.96. The van der Waals surface area contributed by atoms with E-state index < -0.39 is 6.09 Å². The van der Waals surface area contributed by atoms with Crippen molar-refractivity contribution in [3.63, 3.8) is 0 Å². The zero-order chi connectivity index (χ0) is 16.7. The van der Waals surface area contributed by atoms with E-state index in [0.29, 0.717) is 6.54 Å². The van der Waals surface area contributed by atoms with E-state index in [1.165, 1.54) is 76.1 Å². The molecule has 134 valence electrons. The summed E-state index contributed by atoms with van der Waals surface area (Å²) in [5, 5.41) is 8.89. The third-order valence-corrected chi connectivity index (χ3v) is 5.85. The summed E-state index contributed by atoms with van der Waals surface area (Å²) in [7, 11) is 3.89. The lowest BCUT2D eigenvalue weighted by Crippen LogP contribution is -2.44. The van der Waals surface area contributed by atoms with Gasteiger partial charge in [0, 0.05) is 39.8 Å². The molecule has 0 spiro atoms. The van der Waals surface area contributed by atoms with Crippen LogP contribution in [0.2, 0.25) is 0 Å². The van der Waals surface area contributed by atoms with Crippen molar-refractivity contribution in [1.82, 2.24) is 14.7 Å². The quantitative estimate of drug-likeness (QED) is 0.782. The predicted molar refractivity (Wildman–Crippen MR) is 93.9 cm³/mol. The van der Waals surface area contributed by atoms with Gasteiger partial charge in [-0.25, -0.2) is 4.79 Å². The van der Waals surface area contributed by atoms with Crippen molar-refractivity contribution in [3.05, 3.63) is 0 Å². The van der Waals surface area contributed by atoms with Crippen LogP contribution in [0.15, 0.2) is 0 Å². The molecule has 2 aliphatic rings. The van der Waals surface area contributed by atoms with E-state index in [9.17, 15) is 4.79 Å². The first-order chi connectivity index (χ1) is 11.0. The second-order valence-corrected chi connectivity index (χ2v) is 7.67. The number of nitrogens with zero attached hydrogens (tertiary/aromatic N) is 3. The third-order valence-electron chi connectivity index (χ3n) is 5.85. The Balaban J connectivity index is 1.52. The van der Waals surface area contributed by atoms with Crippen LogP contribution in [0.3, 0.4) is 0 Å². The van der Waals surface area contributed by atoms with Crippen LogP contribution in [-0.4, -0.2) is 79.3 Å². The minimum Gasteiger partial charge on any atom is -0.465 e. The van der Waals surface area contributed by atoms with Gasteiger partial charge in [0.2, 0.25) is 0 Å². The van der Waals surface area contributed by atoms with Gasteiger partial charge < -0.3 is 19.8 Å². The van der Waals surface area contributed by atoms with Crippen LogP contribution in [0.1, 0.15) is 44.9 Å². The van der Waals surface area contributed by atoms with Gasteiger partial charge in [0.05, 0.1) is 0 Å². The lowest BCUT2D eigenvalue weighted by Gasteiger charge is -2.33. The highest BCUT2D eigenvalue weighted by Crippen LogP contribution is 2.33. The average Bonchev–Trinajstić information content (AvgIpc) is 2.55. The number of carboxylic acid groups (broad SMARTS) is 1. The average molecular weight is 325 g/mol. The van der Waals surface area contributed by atoms with Crippen LogP contribution in [0.5, 0.6) is 0 Å². The summed E-state index contributed by atoms with van der Waals surface area (Å²) in [5.74, 6) is 1.65. The van der Waals surface area contributed by atoms with Crippen molar-refractivity contribution >= 4 is 6.09 Å². The summed E-state index contributed by atoms with van der Waals surface area (Å²) in [5.41, 5.74) is 0. The first kappa shape index (κ1) is 18.5. The van der Waals surface area contributed by atoms with Crippen molar-refractivity contribution in [2.75, 3.05) is 53.4 Å². The third kappa shape index (κ3) is 6.68. The van der Waals surface area contributed by atoms with Gasteiger partial charge in [-0.05, 0) is 44.7 Å². The molecule has 0 bridgehead atoms. The van der Waals surface area contributed by atoms with E-state index in [0.717, 1.165) is 18.3 Å². The number of piperazine rings is 1. The lowest BCUT2D eigenvalue weighted by atomic mass is 9.78. The largest absolute Gasteiger partial charge is 0.465 e. The first-order valence-electron chi connectivity index (χ1n) is 9.39. The molecule has 1 aliphatic carbocycles. The molecule has 0 aromatic heterocycles. The lowest BCUT2D eigenvalue weighted by molar-refractivity contribution is 0.144. The summed E-state index contributed by atoms with van der Waals surface area (Å²) in [6.07, 6.45) is 8.27. The molecule has 0 atom stereocenters. The Morgan fingerprint density at radius 3 is 2.17 bits per heavy atom. The molecule has 0 radical (unpaired) electrons. The first-order valence-corrected chi connectivity index (χ1v) is 9.39. The Morgan fingerprint density at radius 2 is 1.61 bits per heavy atom. The fraction of sp³-hybridized carbons (Fsp3) is 0.944. The molecule has 2 fully saturated rings. The van der Waals surface area contributed by atoms with E-state index in [4.69, 9.17) is 5.11 Å². The molecule has 0 aromatic rings. The van der Waals surface area contributed by atoms with Gasteiger partial charge in [-0.15, -0.1) is 0 Å². The van der Waals surface area contributed by atoms with E-state index in [-0.39, 0.29) is 0 Å². The molecule has 23 heavy (non-hydrogen) atoms. The zero-order valence-electron chi connectivity index (χ0n) is 15.0. The SMILES string of the molecule is CN1CCN(CCCC2CCC(CCN(C)C(=O)O)CC2)CC1. The number of hydrogen-bond acceptors (Lipinski definition) is 3. The van der Waals surface area contributed by atoms with Gasteiger partial charge in [0.25, 0.3) is 0 Å². The molecular formula is C18H35N3O2. The number of amides is 1. The predicted octanol–water partition coefficient (Wildman–Crippen LogP) is 2.82. The molecule has 0 unspecified atom stereocenters. The minimum absolute atomic E-state index is 0.689. The van der Waals surface area contributed by atoms with Gasteiger partial charge in [0.1, 0.15) is 0 Å². The number of carbonyl (C=O) groups is 1. The standard InChI is InChI=1S/C18H35N3O2/c1-19-12-14-21(15-13-19)10-3-4-16-5-7-17(8-6-16)9-11-20(2)18(22)23/h16-17H,3-15H2,1-2H3,(H,22,23). The Morgan fingerprint density at radius 1 is 1.04 bits per heavy atom. The van der Waals surface area contributed by atoms with E-state index >= 15 is 0 Å². The Kier molecular flexibility index (Phi) is 7.63. The normalized spacial score (nSPS) is 27.0. The molecule has 1 saturated heterocycles. The van der Waals surface area contributed by atoms with Gasteiger partial charge in [-0.3, -0.25) is 0 Å². The molecule has 1 amide bonds. The maximum Gasteiger partial charge on any atom is 0.407 e. The molecule has 2 rings (SSSR count). The summed E-state index contributed by atoms with van der Waals surface area (Å²) >= 11 is 0. The van der Waals surface area contributed by atoms with Crippen molar-refractivity contribution in [3.8, 4) is 0 Å². The van der Waals surface area contributed by atoms with Gasteiger partial charge in [-0.2, -0.15) is 0 Å². The maximum absolute atomic E-state index is 10.8. The monoisotopic (exact) mass is 325 g/mol. The molecule has 1 saturated carbocycles. The van der Waals surface area contributed by atoms with E-state index in [2.05, 4.69) is 16.8 Å². The number of hydrogen-bond donors (Lipinski definition) is 1. The second kappa shape index (κ2) is 9.48. The van der Waals surface area contributed by atoms with Gasteiger partial charge in [0.15, 0.2) is 0 Å². The minimum atomic E-state index is -0.803. The van der Waals surface area contributed by atoms with Crippen molar-refractivity contribution < 1.29 is 9.90 Å². The molecule has 0 aromatic carbocycles. The van der Waals surface area contributed by atoms with Gasteiger partial charge >= 0.3 is 6.09 Å². The Hall–Kier alpha value is -0.810. The number of rotatable bonds is 7. The number of likely N-dealkylation sites (N-methyl/N-ethyl adjacent to an activating group) is 1. The summed E-state index contributed by atoms with van der Waals surface area (Å²) < 4.78 is 0. The summed E-state index contributed by atoms with van der Waals surface area (Å²) in [6, 6.07) is 0. The molecule has 5 heteroatoms.